The quantitative estimate of drug-likeness (QED) is 0.885. The van der Waals surface area contributed by atoms with Crippen LogP contribution in [0.1, 0.15) is 22.5 Å². The van der Waals surface area contributed by atoms with E-state index in [0.29, 0.717) is 10.9 Å². The predicted molar refractivity (Wildman–Crippen MR) is 98.9 cm³/mol. The summed E-state index contributed by atoms with van der Waals surface area (Å²) in [6, 6.07) is 6.03. The molecule has 2 aromatic rings. The van der Waals surface area contributed by atoms with Crippen LogP contribution in [-0.4, -0.2) is 48.8 Å². The van der Waals surface area contributed by atoms with Crippen LogP contribution in [0.3, 0.4) is 0 Å². The lowest BCUT2D eigenvalue weighted by Crippen LogP contribution is -2.43. The van der Waals surface area contributed by atoms with Crippen molar-refractivity contribution < 1.29 is 14.3 Å². The summed E-state index contributed by atoms with van der Waals surface area (Å²) >= 11 is 1.42. The van der Waals surface area contributed by atoms with Crippen LogP contribution >= 0.6 is 23.7 Å². The number of nitrogens with one attached hydrogen (secondary N) is 1. The van der Waals surface area contributed by atoms with E-state index in [2.05, 4.69) is 10.3 Å². The van der Waals surface area contributed by atoms with Gasteiger partial charge in [-0.2, -0.15) is 0 Å². The smallest absolute Gasteiger partial charge is 0.265 e. The Labute approximate surface area is 156 Å². The SMILES string of the molecule is CN(C(=O)c1cnc(-c2ccc3c(c2)OCO3)s1)C1CCNCC1.Cl. The lowest BCUT2D eigenvalue weighted by molar-refractivity contribution is 0.0708. The second-order valence-corrected chi connectivity index (χ2v) is 7.03. The second kappa shape index (κ2) is 7.59. The van der Waals surface area contributed by atoms with Crippen molar-refractivity contribution in [2.45, 2.75) is 18.9 Å². The van der Waals surface area contributed by atoms with Crippen LogP contribution in [-0.2, 0) is 0 Å². The number of carbonyl (C=O) groups excluding carboxylic acids is 1. The summed E-state index contributed by atoms with van der Waals surface area (Å²) < 4.78 is 10.7. The number of piperidine rings is 1. The van der Waals surface area contributed by atoms with Crippen LogP contribution in [0.15, 0.2) is 24.4 Å². The summed E-state index contributed by atoms with van der Waals surface area (Å²) in [5, 5.41) is 4.14. The molecule has 3 heterocycles. The van der Waals surface area contributed by atoms with Crippen molar-refractivity contribution in [3.05, 3.63) is 29.3 Å². The molecule has 2 aliphatic rings. The number of fused-ring (bicyclic) bond motifs is 1. The molecule has 1 aromatic carbocycles. The Hall–Kier alpha value is -1.83. The number of nitrogens with zero attached hydrogens (tertiary/aromatic N) is 2. The van der Waals surface area contributed by atoms with Crippen molar-refractivity contribution >= 4 is 29.7 Å². The lowest BCUT2D eigenvalue weighted by atomic mass is 10.1. The number of thiazole rings is 1. The Morgan fingerprint density at radius 3 is 2.84 bits per heavy atom. The van der Waals surface area contributed by atoms with Gasteiger partial charge in [0, 0.05) is 18.7 Å². The fourth-order valence-corrected chi connectivity index (χ4v) is 3.96. The number of benzene rings is 1. The number of amides is 1. The maximum atomic E-state index is 12.7. The summed E-state index contributed by atoms with van der Waals surface area (Å²) in [4.78, 5) is 19.7. The van der Waals surface area contributed by atoms with Crippen molar-refractivity contribution in [2.24, 2.45) is 0 Å². The van der Waals surface area contributed by atoms with Gasteiger partial charge in [-0.15, -0.1) is 23.7 Å². The average Bonchev–Trinajstić information content (AvgIpc) is 3.29. The Kier molecular flexibility index (Phi) is 5.46. The van der Waals surface area contributed by atoms with Gasteiger partial charge in [-0.25, -0.2) is 4.98 Å². The van der Waals surface area contributed by atoms with E-state index in [1.807, 2.05) is 30.1 Å². The van der Waals surface area contributed by atoms with Gasteiger partial charge >= 0.3 is 0 Å². The molecule has 1 N–H and O–H groups in total. The normalized spacial score (nSPS) is 16.4. The topological polar surface area (TPSA) is 63.7 Å². The number of aromatic nitrogens is 1. The van der Waals surface area contributed by atoms with Gasteiger partial charge in [0.1, 0.15) is 9.88 Å². The Balaban J connectivity index is 0.00000182. The maximum Gasteiger partial charge on any atom is 0.265 e. The molecule has 1 saturated heterocycles. The van der Waals surface area contributed by atoms with Crippen LogP contribution < -0.4 is 14.8 Å². The number of carbonyl (C=O) groups is 1. The van der Waals surface area contributed by atoms with Gasteiger partial charge in [0.2, 0.25) is 6.79 Å². The molecule has 0 spiro atoms. The monoisotopic (exact) mass is 381 g/mol. The van der Waals surface area contributed by atoms with E-state index in [4.69, 9.17) is 9.47 Å². The summed E-state index contributed by atoms with van der Waals surface area (Å²) in [7, 11) is 1.89. The maximum absolute atomic E-state index is 12.7. The van der Waals surface area contributed by atoms with Gasteiger partial charge in [-0.1, -0.05) is 0 Å². The van der Waals surface area contributed by atoms with Crippen molar-refractivity contribution in [2.75, 3.05) is 26.9 Å². The van der Waals surface area contributed by atoms with Gasteiger partial charge in [0.15, 0.2) is 11.5 Å². The third kappa shape index (κ3) is 3.58. The Morgan fingerprint density at radius 1 is 1.28 bits per heavy atom. The average molecular weight is 382 g/mol. The molecule has 25 heavy (non-hydrogen) atoms. The Morgan fingerprint density at radius 2 is 2.04 bits per heavy atom. The van der Waals surface area contributed by atoms with E-state index in [1.54, 1.807) is 6.20 Å². The standard InChI is InChI=1S/C17H19N3O3S.ClH/c1-20(12-4-6-18-7-5-12)17(21)15-9-19-16(24-15)11-2-3-13-14(8-11)23-10-22-13;/h2-3,8-9,12,18H,4-7,10H2,1H3;1H. The van der Waals surface area contributed by atoms with E-state index in [-0.39, 0.29) is 25.1 Å². The fourth-order valence-electron chi connectivity index (χ4n) is 3.07. The molecule has 0 unspecified atom stereocenters. The molecule has 1 aromatic heterocycles. The summed E-state index contributed by atoms with van der Waals surface area (Å²) in [5.41, 5.74) is 0.938. The molecule has 134 valence electrons. The van der Waals surface area contributed by atoms with Crippen molar-refractivity contribution in [3.63, 3.8) is 0 Å². The van der Waals surface area contributed by atoms with E-state index in [1.165, 1.54) is 11.3 Å². The molecule has 0 aliphatic carbocycles. The second-order valence-electron chi connectivity index (χ2n) is 5.99. The molecule has 1 amide bonds. The number of hydrogen-bond acceptors (Lipinski definition) is 6. The van der Waals surface area contributed by atoms with Crippen LogP contribution in [0.25, 0.3) is 10.6 Å². The first-order valence-electron chi connectivity index (χ1n) is 8.06. The lowest BCUT2D eigenvalue weighted by Gasteiger charge is -2.31. The summed E-state index contributed by atoms with van der Waals surface area (Å²) in [5.74, 6) is 1.52. The van der Waals surface area contributed by atoms with Crippen molar-refractivity contribution in [1.29, 1.82) is 0 Å². The summed E-state index contributed by atoms with van der Waals surface area (Å²) in [6.07, 6.45) is 3.66. The molecule has 0 atom stereocenters. The van der Waals surface area contributed by atoms with Crippen LogP contribution in [0, 0.1) is 0 Å². The highest BCUT2D eigenvalue weighted by Gasteiger charge is 2.24. The first-order chi connectivity index (χ1) is 11.7. The minimum atomic E-state index is 0. The largest absolute Gasteiger partial charge is 0.454 e. The molecule has 4 rings (SSSR count). The third-order valence-corrected chi connectivity index (χ3v) is 5.55. The van der Waals surface area contributed by atoms with Gasteiger partial charge in [0.25, 0.3) is 5.91 Å². The minimum absolute atomic E-state index is 0. The number of halogens is 1. The zero-order valence-electron chi connectivity index (χ0n) is 13.9. The fraction of sp³-hybridized carbons (Fsp3) is 0.412. The highest BCUT2D eigenvalue weighted by atomic mass is 35.5. The molecule has 1 fully saturated rings. The zero-order valence-corrected chi connectivity index (χ0v) is 15.5. The third-order valence-electron chi connectivity index (χ3n) is 4.51. The first kappa shape index (κ1) is 18.0. The zero-order chi connectivity index (χ0) is 16.5. The van der Waals surface area contributed by atoms with Gasteiger partial charge < -0.3 is 19.7 Å². The summed E-state index contributed by atoms with van der Waals surface area (Å²) in [6.45, 7) is 2.18. The van der Waals surface area contributed by atoms with Crippen LogP contribution in [0.4, 0.5) is 0 Å². The van der Waals surface area contributed by atoms with Crippen LogP contribution in [0.5, 0.6) is 11.5 Å². The van der Waals surface area contributed by atoms with Crippen molar-refractivity contribution in [3.8, 4) is 22.1 Å². The van der Waals surface area contributed by atoms with E-state index in [9.17, 15) is 4.79 Å². The molecular weight excluding hydrogens is 362 g/mol. The van der Waals surface area contributed by atoms with Crippen LogP contribution in [0.2, 0.25) is 0 Å². The molecule has 0 saturated carbocycles. The molecule has 2 aliphatic heterocycles. The van der Waals surface area contributed by atoms with E-state index < -0.39 is 0 Å². The van der Waals surface area contributed by atoms with Gasteiger partial charge in [0.05, 0.1) is 6.20 Å². The highest BCUT2D eigenvalue weighted by Crippen LogP contribution is 2.37. The molecular formula is C17H20ClN3O3S. The van der Waals surface area contributed by atoms with E-state index in [0.717, 1.165) is 48.0 Å². The predicted octanol–water partition coefficient (Wildman–Crippen LogP) is 2.78. The number of ether oxygens (including phenoxy) is 2. The minimum Gasteiger partial charge on any atom is -0.454 e. The number of rotatable bonds is 3. The van der Waals surface area contributed by atoms with Crippen molar-refractivity contribution in [1.82, 2.24) is 15.2 Å². The number of hydrogen-bond donors (Lipinski definition) is 1. The molecule has 6 nitrogen and oxygen atoms in total. The Bertz CT molecular complexity index is 761. The molecule has 0 radical (unpaired) electrons. The molecule has 0 bridgehead atoms. The van der Waals surface area contributed by atoms with E-state index >= 15 is 0 Å². The highest BCUT2D eigenvalue weighted by molar-refractivity contribution is 7.16. The van der Waals surface area contributed by atoms with Gasteiger partial charge in [-0.3, -0.25) is 4.79 Å². The molecule has 8 heteroatoms. The van der Waals surface area contributed by atoms with Gasteiger partial charge in [-0.05, 0) is 44.1 Å². The first-order valence-corrected chi connectivity index (χ1v) is 8.88.